The minimum atomic E-state index is -0.420. The summed E-state index contributed by atoms with van der Waals surface area (Å²) in [4.78, 5) is 18.1. The van der Waals surface area contributed by atoms with Gasteiger partial charge in [-0.2, -0.15) is 0 Å². The number of unbranched alkanes of at least 4 members (excludes halogenated alkanes) is 1. The van der Waals surface area contributed by atoms with Gasteiger partial charge in [0.25, 0.3) is 0 Å². The molecule has 1 unspecified atom stereocenters. The second kappa shape index (κ2) is 9.09. The average Bonchev–Trinajstić information content (AvgIpc) is 3.61. The van der Waals surface area contributed by atoms with E-state index in [0.29, 0.717) is 18.8 Å². The van der Waals surface area contributed by atoms with E-state index in [9.17, 15) is 4.79 Å². The number of aliphatic imine (C=N–C) groups is 1. The smallest absolute Gasteiger partial charge is 0.334 e. The highest BCUT2D eigenvalue weighted by Gasteiger charge is 2.33. The minimum Gasteiger partial charge on any atom is -0.337 e. The summed E-state index contributed by atoms with van der Waals surface area (Å²) in [5, 5.41) is 14.3. The molecule has 0 saturated heterocycles. The molecule has 1 atom stereocenters. The van der Waals surface area contributed by atoms with Gasteiger partial charge in [0.05, 0.1) is 0 Å². The van der Waals surface area contributed by atoms with Gasteiger partial charge in [-0.25, -0.2) is 9.89 Å². The Bertz CT molecular complexity index is 1390. The summed E-state index contributed by atoms with van der Waals surface area (Å²) in [5.74, 6) is 1.47. The summed E-state index contributed by atoms with van der Waals surface area (Å²) in [6.45, 7) is 2.69. The van der Waals surface area contributed by atoms with E-state index in [0.717, 1.165) is 41.9 Å². The third kappa shape index (κ3) is 3.93. The van der Waals surface area contributed by atoms with Crippen molar-refractivity contribution in [3.8, 4) is 17.2 Å². The van der Waals surface area contributed by atoms with Crippen molar-refractivity contribution in [1.29, 1.82) is 0 Å². The van der Waals surface area contributed by atoms with E-state index in [4.69, 9.17) is 0 Å². The van der Waals surface area contributed by atoms with Gasteiger partial charge in [0, 0.05) is 55.1 Å². The molecule has 0 radical (unpaired) electrons. The van der Waals surface area contributed by atoms with Crippen molar-refractivity contribution >= 4 is 6.21 Å². The first-order valence-corrected chi connectivity index (χ1v) is 11.6. The molecule has 9 heteroatoms. The normalized spacial score (nSPS) is 17.5. The number of imidazole rings is 1. The SMILES string of the molecule is CCCCc1cn(-c2cccn2C)c(=O)n1CC1(c2cccc(-c3nnn[nH]3)c2)C=CN=CC1. The number of nitrogens with zero attached hydrogens (tertiary/aromatic N) is 7. The summed E-state index contributed by atoms with van der Waals surface area (Å²) >= 11 is 0. The van der Waals surface area contributed by atoms with Crippen LogP contribution in [0.3, 0.4) is 0 Å². The zero-order valence-electron chi connectivity index (χ0n) is 19.4. The van der Waals surface area contributed by atoms with Crippen molar-refractivity contribution in [1.82, 2.24) is 34.3 Å². The van der Waals surface area contributed by atoms with Crippen LogP contribution in [0, 0.1) is 0 Å². The molecule has 0 saturated carbocycles. The van der Waals surface area contributed by atoms with E-state index < -0.39 is 5.41 Å². The monoisotopic (exact) mass is 456 g/mol. The largest absolute Gasteiger partial charge is 0.337 e. The molecule has 0 bridgehead atoms. The van der Waals surface area contributed by atoms with E-state index in [-0.39, 0.29) is 5.69 Å². The van der Waals surface area contributed by atoms with Crippen LogP contribution < -0.4 is 5.69 Å². The molecule has 4 aromatic rings. The van der Waals surface area contributed by atoms with Gasteiger partial charge in [0.1, 0.15) is 5.82 Å². The van der Waals surface area contributed by atoms with Crippen LogP contribution in [0.15, 0.2) is 70.9 Å². The standard InChI is InChI=1S/C25H28N8O/c1-3-4-9-21-17-32(22-10-6-15-31(22)2)24(34)33(21)18-25(11-13-26-14-12-25)20-8-5-7-19(16-20)23-27-29-30-28-23/h5-8,10-11,13-17H,3-4,9,12,18H2,1-2H3,(H,27,28,29,30). The summed E-state index contributed by atoms with van der Waals surface area (Å²) in [7, 11) is 1.95. The van der Waals surface area contributed by atoms with Crippen LogP contribution >= 0.6 is 0 Å². The fourth-order valence-electron chi connectivity index (χ4n) is 4.61. The number of benzene rings is 1. The predicted molar refractivity (Wildman–Crippen MR) is 131 cm³/mol. The van der Waals surface area contributed by atoms with Gasteiger partial charge >= 0.3 is 5.69 Å². The molecular weight excluding hydrogens is 428 g/mol. The molecule has 1 N–H and O–H groups in total. The number of aromatic amines is 1. The van der Waals surface area contributed by atoms with Crippen LogP contribution in [0.25, 0.3) is 17.2 Å². The van der Waals surface area contributed by atoms with E-state index in [1.807, 2.05) is 65.3 Å². The lowest BCUT2D eigenvalue weighted by atomic mass is 9.76. The second-order valence-electron chi connectivity index (χ2n) is 8.78. The molecule has 0 amide bonds. The lowest BCUT2D eigenvalue weighted by molar-refractivity contribution is 0.438. The van der Waals surface area contributed by atoms with Crippen LogP contribution in [0.2, 0.25) is 0 Å². The van der Waals surface area contributed by atoms with Crippen LogP contribution in [-0.2, 0) is 25.4 Å². The Kier molecular flexibility index (Phi) is 5.83. The summed E-state index contributed by atoms with van der Waals surface area (Å²) in [6.07, 6.45) is 13.4. The number of aromatic nitrogens is 7. The molecule has 1 aliphatic heterocycles. The summed E-state index contributed by atoms with van der Waals surface area (Å²) in [5.41, 5.74) is 2.58. The number of hydrogen-bond acceptors (Lipinski definition) is 5. The Hall–Kier alpha value is -4.01. The highest BCUT2D eigenvalue weighted by atomic mass is 16.1. The first-order chi connectivity index (χ1) is 16.6. The van der Waals surface area contributed by atoms with E-state index >= 15 is 0 Å². The van der Waals surface area contributed by atoms with Crippen LogP contribution in [0.1, 0.15) is 37.4 Å². The fraction of sp³-hybridized carbons (Fsp3) is 0.320. The molecular formula is C25H28N8O. The molecule has 34 heavy (non-hydrogen) atoms. The maximum atomic E-state index is 13.7. The topological polar surface area (TPSA) is 98.7 Å². The van der Waals surface area contributed by atoms with Crippen molar-refractivity contribution < 1.29 is 0 Å². The van der Waals surface area contributed by atoms with Gasteiger partial charge in [-0.1, -0.05) is 37.6 Å². The Morgan fingerprint density at radius 3 is 2.82 bits per heavy atom. The minimum absolute atomic E-state index is 0.0289. The van der Waals surface area contributed by atoms with Crippen molar-refractivity contribution in [3.63, 3.8) is 0 Å². The average molecular weight is 457 g/mol. The quantitative estimate of drug-likeness (QED) is 0.439. The van der Waals surface area contributed by atoms with Crippen LogP contribution in [0.5, 0.6) is 0 Å². The second-order valence-corrected chi connectivity index (χ2v) is 8.78. The zero-order valence-corrected chi connectivity index (χ0v) is 19.4. The highest BCUT2D eigenvalue weighted by Crippen LogP contribution is 2.35. The Morgan fingerprint density at radius 2 is 2.12 bits per heavy atom. The first kappa shape index (κ1) is 21.8. The van der Waals surface area contributed by atoms with E-state index in [2.05, 4.69) is 50.7 Å². The van der Waals surface area contributed by atoms with Gasteiger partial charge in [-0.3, -0.25) is 14.1 Å². The predicted octanol–water partition coefficient (Wildman–Crippen LogP) is 3.43. The molecule has 174 valence electrons. The molecule has 9 nitrogen and oxygen atoms in total. The van der Waals surface area contributed by atoms with Crippen LogP contribution in [0.4, 0.5) is 0 Å². The number of tetrazole rings is 1. The third-order valence-electron chi connectivity index (χ3n) is 6.55. The number of hydrogen-bond donors (Lipinski definition) is 1. The Morgan fingerprint density at radius 1 is 1.21 bits per heavy atom. The lowest BCUT2D eigenvalue weighted by Crippen LogP contribution is -2.37. The molecule has 1 aliphatic rings. The maximum Gasteiger partial charge on any atom is 0.334 e. The lowest BCUT2D eigenvalue weighted by Gasteiger charge is -2.32. The molecule has 0 aliphatic carbocycles. The van der Waals surface area contributed by atoms with Gasteiger partial charge in [-0.05, 0) is 53.5 Å². The zero-order chi connectivity index (χ0) is 23.5. The highest BCUT2D eigenvalue weighted by molar-refractivity contribution is 5.65. The summed E-state index contributed by atoms with van der Waals surface area (Å²) in [6, 6.07) is 12.1. The number of aryl methyl sites for hydroxylation is 2. The molecule has 0 spiro atoms. The van der Waals surface area contributed by atoms with E-state index in [1.165, 1.54) is 0 Å². The van der Waals surface area contributed by atoms with Crippen molar-refractivity contribution in [2.24, 2.45) is 12.0 Å². The summed E-state index contributed by atoms with van der Waals surface area (Å²) < 4.78 is 5.66. The first-order valence-electron chi connectivity index (χ1n) is 11.6. The third-order valence-corrected chi connectivity index (χ3v) is 6.55. The van der Waals surface area contributed by atoms with Gasteiger partial charge < -0.3 is 4.57 Å². The van der Waals surface area contributed by atoms with E-state index in [1.54, 1.807) is 4.57 Å². The van der Waals surface area contributed by atoms with Crippen molar-refractivity contribution in [2.45, 2.75) is 44.6 Å². The Labute approximate surface area is 197 Å². The van der Waals surface area contributed by atoms with Crippen molar-refractivity contribution in [3.05, 3.63) is 82.8 Å². The molecule has 0 fully saturated rings. The molecule has 5 rings (SSSR count). The maximum absolute atomic E-state index is 13.7. The molecule has 1 aromatic carbocycles. The number of rotatable bonds is 8. The fourth-order valence-corrected chi connectivity index (χ4v) is 4.61. The molecule has 3 aromatic heterocycles. The Balaban J connectivity index is 1.61. The van der Waals surface area contributed by atoms with Gasteiger partial charge in [-0.15, -0.1) is 5.10 Å². The van der Waals surface area contributed by atoms with Gasteiger partial charge in [0.2, 0.25) is 0 Å². The van der Waals surface area contributed by atoms with Crippen LogP contribution in [-0.4, -0.2) is 40.5 Å². The number of allylic oxidation sites excluding steroid dienone is 1. The van der Waals surface area contributed by atoms with Crippen molar-refractivity contribution in [2.75, 3.05) is 0 Å². The molecule has 4 heterocycles. The van der Waals surface area contributed by atoms with Gasteiger partial charge in [0.15, 0.2) is 5.82 Å². The number of nitrogens with one attached hydrogen (secondary N) is 1. The number of H-pyrrole nitrogens is 1.